The van der Waals surface area contributed by atoms with Gasteiger partial charge in [0.25, 0.3) is 5.91 Å². The minimum absolute atomic E-state index is 0.0168. The van der Waals surface area contributed by atoms with Crippen LogP contribution >= 0.6 is 0 Å². The maximum absolute atomic E-state index is 12.1. The number of benzene rings is 2. The zero-order chi connectivity index (χ0) is 18.2. The van der Waals surface area contributed by atoms with E-state index in [1.807, 2.05) is 50.2 Å². The molecule has 0 unspecified atom stereocenters. The molecule has 0 aliphatic rings. The van der Waals surface area contributed by atoms with Crippen molar-refractivity contribution in [2.45, 2.75) is 13.8 Å². The molecule has 2 N–H and O–H groups in total. The second-order valence-electron chi connectivity index (χ2n) is 6.01. The zero-order valence-electron chi connectivity index (χ0n) is 14.8. The van der Waals surface area contributed by atoms with E-state index < -0.39 is 0 Å². The monoisotopic (exact) mass is 340 g/mol. The van der Waals surface area contributed by atoms with Crippen LogP contribution in [0.1, 0.15) is 24.2 Å². The second kappa shape index (κ2) is 8.87. The van der Waals surface area contributed by atoms with Crippen LogP contribution in [0, 0.1) is 5.92 Å². The molecule has 0 aromatic heterocycles. The van der Waals surface area contributed by atoms with Crippen LogP contribution in [-0.4, -0.2) is 32.0 Å². The molecule has 0 saturated heterocycles. The van der Waals surface area contributed by atoms with Gasteiger partial charge in [-0.25, -0.2) is 0 Å². The summed E-state index contributed by atoms with van der Waals surface area (Å²) in [6.07, 6.45) is 0. The third-order valence-electron chi connectivity index (χ3n) is 3.78. The summed E-state index contributed by atoms with van der Waals surface area (Å²) >= 11 is 0. The van der Waals surface area contributed by atoms with Crippen molar-refractivity contribution in [1.29, 1.82) is 0 Å². The van der Waals surface area contributed by atoms with E-state index in [0.29, 0.717) is 18.7 Å². The highest BCUT2D eigenvalue weighted by Gasteiger charge is 2.08. The number of nitrogens with one attached hydrogen (secondary N) is 2. The molecule has 0 bridgehead atoms. The third-order valence-corrected chi connectivity index (χ3v) is 3.78. The molecule has 0 fully saturated rings. The standard InChI is InChI=1S/C20H24N2O3/c1-14(2)19(23)21-11-12-22-20(24)16-9-7-15(8-10-16)17-5-4-6-18(13-17)25-3/h4-10,13-14H,11-12H2,1-3H3,(H,21,23)(H,22,24). The van der Waals surface area contributed by atoms with Crippen LogP contribution in [0.4, 0.5) is 0 Å². The summed E-state index contributed by atoms with van der Waals surface area (Å²) in [5.74, 6) is 0.565. The van der Waals surface area contributed by atoms with Gasteiger partial charge in [-0.05, 0) is 35.4 Å². The summed E-state index contributed by atoms with van der Waals surface area (Å²) in [4.78, 5) is 23.6. The number of rotatable bonds is 7. The van der Waals surface area contributed by atoms with Gasteiger partial charge in [0, 0.05) is 24.6 Å². The summed E-state index contributed by atoms with van der Waals surface area (Å²) in [6.45, 7) is 4.48. The van der Waals surface area contributed by atoms with Crippen LogP contribution in [0.3, 0.4) is 0 Å². The van der Waals surface area contributed by atoms with Crippen LogP contribution < -0.4 is 15.4 Å². The fourth-order valence-electron chi connectivity index (χ4n) is 2.28. The maximum Gasteiger partial charge on any atom is 0.251 e. The van der Waals surface area contributed by atoms with E-state index in [-0.39, 0.29) is 17.7 Å². The molecule has 0 spiro atoms. The van der Waals surface area contributed by atoms with Gasteiger partial charge in [-0.3, -0.25) is 9.59 Å². The van der Waals surface area contributed by atoms with E-state index >= 15 is 0 Å². The number of methoxy groups -OCH3 is 1. The zero-order valence-corrected chi connectivity index (χ0v) is 14.8. The molecule has 0 radical (unpaired) electrons. The van der Waals surface area contributed by atoms with Crippen LogP contribution in [0.2, 0.25) is 0 Å². The van der Waals surface area contributed by atoms with Gasteiger partial charge >= 0.3 is 0 Å². The van der Waals surface area contributed by atoms with Gasteiger partial charge in [-0.1, -0.05) is 38.1 Å². The number of amides is 2. The van der Waals surface area contributed by atoms with Gasteiger partial charge in [0.05, 0.1) is 7.11 Å². The van der Waals surface area contributed by atoms with Crippen molar-refractivity contribution in [3.8, 4) is 16.9 Å². The number of hydrogen-bond donors (Lipinski definition) is 2. The number of carbonyl (C=O) groups excluding carboxylic acids is 2. The fourth-order valence-corrected chi connectivity index (χ4v) is 2.28. The molecule has 5 nitrogen and oxygen atoms in total. The van der Waals surface area contributed by atoms with Gasteiger partial charge in [-0.15, -0.1) is 0 Å². The van der Waals surface area contributed by atoms with E-state index in [1.54, 1.807) is 19.2 Å². The molecule has 25 heavy (non-hydrogen) atoms. The third kappa shape index (κ3) is 5.35. The predicted octanol–water partition coefficient (Wildman–Crippen LogP) is 2.86. The summed E-state index contributed by atoms with van der Waals surface area (Å²) < 4.78 is 5.23. The Morgan fingerprint density at radius 3 is 2.28 bits per heavy atom. The van der Waals surface area contributed by atoms with Gasteiger partial charge in [-0.2, -0.15) is 0 Å². The van der Waals surface area contributed by atoms with E-state index in [2.05, 4.69) is 10.6 Å². The maximum atomic E-state index is 12.1. The Balaban J connectivity index is 1.90. The average molecular weight is 340 g/mol. The van der Waals surface area contributed by atoms with Crippen molar-refractivity contribution in [2.75, 3.05) is 20.2 Å². The molecule has 2 aromatic rings. The minimum Gasteiger partial charge on any atom is -0.497 e. The Hall–Kier alpha value is -2.82. The average Bonchev–Trinajstić information content (AvgIpc) is 2.64. The summed E-state index contributed by atoms with van der Waals surface area (Å²) in [6, 6.07) is 15.2. The molecule has 0 saturated carbocycles. The Bertz CT molecular complexity index is 724. The van der Waals surface area contributed by atoms with Crippen LogP contribution in [0.15, 0.2) is 48.5 Å². The molecule has 5 heteroatoms. The topological polar surface area (TPSA) is 67.4 Å². The van der Waals surface area contributed by atoms with Crippen LogP contribution in [0.25, 0.3) is 11.1 Å². The molecule has 132 valence electrons. The SMILES string of the molecule is COc1cccc(-c2ccc(C(=O)NCCNC(=O)C(C)C)cc2)c1. The number of ether oxygens (including phenoxy) is 1. The Kier molecular flexibility index (Phi) is 6.57. The van der Waals surface area contributed by atoms with Gasteiger partial charge in [0.15, 0.2) is 0 Å². The lowest BCUT2D eigenvalue weighted by Gasteiger charge is -2.09. The molecular weight excluding hydrogens is 316 g/mol. The Morgan fingerprint density at radius 2 is 1.64 bits per heavy atom. The number of carbonyl (C=O) groups is 2. The quantitative estimate of drug-likeness (QED) is 0.762. The summed E-state index contributed by atoms with van der Waals surface area (Å²) in [7, 11) is 1.64. The van der Waals surface area contributed by atoms with Crippen LogP contribution in [0.5, 0.6) is 5.75 Å². The first-order chi connectivity index (χ1) is 12.0. The van der Waals surface area contributed by atoms with E-state index in [9.17, 15) is 9.59 Å². The molecule has 0 aliphatic heterocycles. The highest BCUT2D eigenvalue weighted by Crippen LogP contribution is 2.24. The van der Waals surface area contributed by atoms with E-state index in [4.69, 9.17) is 4.74 Å². The van der Waals surface area contributed by atoms with Crippen molar-refractivity contribution in [1.82, 2.24) is 10.6 Å². The van der Waals surface area contributed by atoms with Crippen molar-refractivity contribution >= 4 is 11.8 Å². The highest BCUT2D eigenvalue weighted by atomic mass is 16.5. The Morgan fingerprint density at radius 1 is 0.960 bits per heavy atom. The first kappa shape index (κ1) is 18.5. The van der Waals surface area contributed by atoms with E-state index in [0.717, 1.165) is 16.9 Å². The highest BCUT2D eigenvalue weighted by molar-refractivity contribution is 5.94. The molecule has 0 aliphatic carbocycles. The fraction of sp³-hybridized carbons (Fsp3) is 0.300. The smallest absolute Gasteiger partial charge is 0.251 e. The lowest BCUT2D eigenvalue weighted by molar-refractivity contribution is -0.123. The van der Waals surface area contributed by atoms with E-state index in [1.165, 1.54) is 0 Å². The summed E-state index contributed by atoms with van der Waals surface area (Å²) in [5.41, 5.74) is 2.63. The largest absolute Gasteiger partial charge is 0.497 e. The number of hydrogen-bond acceptors (Lipinski definition) is 3. The first-order valence-electron chi connectivity index (χ1n) is 8.31. The Labute approximate surface area is 148 Å². The molecular formula is C20H24N2O3. The lowest BCUT2D eigenvalue weighted by atomic mass is 10.0. The van der Waals surface area contributed by atoms with Crippen molar-refractivity contribution in [3.63, 3.8) is 0 Å². The first-order valence-corrected chi connectivity index (χ1v) is 8.31. The van der Waals surface area contributed by atoms with Gasteiger partial charge in [0.1, 0.15) is 5.75 Å². The minimum atomic E-state index is -0.156. The van der Waals surface area contributed by atoms with Crippen molar-refractivity contribution < 1.29 is 14.3 Å². The van der Waals surface area contributed by atoms with Gasteiger partial charge in [0.2, 0.25) is 5.91 Å². The molecule has 2 aromatic carbocycles. The van der Waals surface area contributed by atoms with Crippen molar-refractivity contribution in [3.05, 3.63) is 54.1 Å². The van der Waals surface area contributed by atoms with Crippen LogP contribution in [-0.2, 0) is 4.79 Å². The molecule has 2 rings (SSSR count). The lowest BCUT2D eigenvalue weighted by Crippen LogP contribution is -2.36. The molecule has 0 atom stereocenters. The normalized spacial score (nSPS) is 10.4. The molecule has 2 amide bonds. The molecule has 0 heterocycles. The predicted molar refractivity (Wildman–Crippen MR) is 98.6 cm³/mol. The summed E-state index contributed by atoms with van der Waals surface area (Å²) in [5, 5.41) is 5.56. The van der Waals surface area contributed by atoms with Crippen molar-refractivity contribution in [2.24, 2.45) is 5.92 Å². The van der Waals surface area contributed by atoms with Gasteiger partial charge < -0.3 is 15.4 Å². The second-order valence-corrected chi connectivity index (χ2v) is 6.01.